The molecule has 2 aromatic heterocycles. The van der Waals surface area contributed by atoms with Crippen molar-refractivity contribution in [2.24, 2.45) is 0 Å². The third kappa shape index (κ3) is 5.01. The van der Waals surface area contributed by atoms with Gasteiger partial charge in [0.25, 0.3) is 5.91 Å². The third-order valence-corrected chi connectivity index (χ3v) is 6.37. The predicted octanol–water partition coefficient (Wildman–Crippen LogP) is 5.59. The highest BCUT2D eigenvalue weighted by atomic mass is 35.5. The molecule has 0 radical (unpaired) electrons. The van der Waals surface area contributed by atoms with Gasteiger partial charge in [0.2, 0.25) is 0 Å². The molecule has 0 aliphatic carbocycles. The molecule has 0 fully saturated rings. The van der Waals surface area contributed by atoms with E-state index in [-0.39, 0.29) is 24.0 Å². The molecular formula is C24H27ClN4O2S. The second-order valence-electron chi connectivity index (χ2n) is 7.91. The van der Waals surface area contributed by atoms with Gasteiger partial charge in [0.05, 0.1) is 10.2 Å². The van der Waals surface area contributed by atoms with Crippen molar-refractivity contribution in [1.29, 1.82) is 0 Å². The van der Waals surface area contributed by atoms with Gasteiger partial charge in [-0.1, -0.05) is 52.9 Å². The lowest BCUT2D eigenvalue weighted by atomic mass is 10.1. The Morgan fingerprint density at radius 1 is 1.06 bits per heavy atom. The normalized spacial score (nSPS) is 11.0. The molecule has 0 atom stereocenters. The van der Waals surface area contributed by atoms with Crippen LogP contribution in [0, 0.1) is 13.8 Å². The van der Waals surface area contributed by atoms with Crippen molar-refractivity contribution in [2.75, 3.05) is 32.1 Å². The number of nitrogens with zero attached hydrogens (tertiary/aromatic N) is 4. The molecule has 0 N–H and O–H groups in total. The maximum atomic E-state index is 13.5. The highest BCUT2D eigenvalue weighted by Gasteiger charge is 2.25. The van der Waals surface area contributed by atoms with Crippen LogP contribution in [0.3, 0.4) is 0 Å². The molecule has 8 heteroatoms. The number of aromatic nitrogens is 2. The summed E-state index contributed by atoms with van der Waals surface area (Å²) < 4.78 is 6.55. The van der Waals surface area contributed by atoms with E-state index in [1.807, 2.05) is 44.4 Å². The maximum Gasteiger partial charge on any atom is 0.282 e. The number of carbonyl (C=O) groups is 1. The summed E-state index contributed by atoms with van der Waals surface area (Å²) in [5, 5.41) is 4.76. The molecule has 2 aromatic carbocycles. The van der Waals surface area contributed by atoms with Crippen molar-refractivity contribution in [2.45, 2.75) is 20.3 Å². The van der Waals surface area contributed by atoms with Crippen LogP contribution in [0.4, 0.5) is 5.13 Å². The minimum Gasteiger partial charge on any atom is -0.355 e. The summed E-state index contributed by atoms with van der Waals surface area (Å²) in [7, 11) is 4.06. The Bertz CT molecular complexity index is 1200. The summed E-state index contributed by atoms with van der Waals surface area (Å²) in [6.45, 7) is 5.58. The van der Waals surface area contributed by atoms with Gasteiger partial charge < -0.3 is 9.42 Å². The Balaban J connectivity index is 0.00000289. The van der Waals surface area contributed by atoms with Crippen LogP contribution in [0.15, 0.2) is 53.1 Å². The molecule has 32 heavy (non-hydrogen) atoms. The van der Waals surface area contributed by atoms with Gasteiger partial charge in [-0.2, -0.15) is 0 Å². The minimum absolute atomic E-state index is 0. The molecular weight excluding hydrogens is 444 g/mol. The quantitative estimate of drug-likeness (QED) is 0.352. The first kappa shape index (κ1) is 23.9. The van der Waals surface area contributed by atoms with Crippen LogP contribution in [0.2, 0.25) is 0 Å². The fourth-order valence-corrected chi connectivity index (χ4v) is 4.46. The second-order valence-corrected chi connectivity index (χ2v) is 8.92. The van der Waals surface area contributed by atoms with E-state index < -0.39 is 0 Å². The van der Waals surface area contributed by atoms with E-state index in [0.29, 0.717) is 17.4 Å². The Kier molecular flexibility index (Phi) is 7.66. The topological polar surface area (TPSA) is 62.5 Å². The number of amides is 1. The van der Waals surface area contributed by atoms with E-state index in [4.69, 9.17) is 9.51 Å². The number of benzene rings is 2. The van der Waals surface area contributed by atoms with Crippen LogP contribution in [0.25, 0.3) is 21.5 Å². The molecule has 6 nitrogen and oxygen atoms in total. The maximum absolute atomic E-state index is 13.5. The molecule has 168 valence electrons. The SMILES string of the molecule is Cc1ccc2sc(N(CCCN(C)C)C(=O)c3cc(-c4ccccc4)on3)nc2c1C.Cl. The molecule has 4 aromatic rings. The Morgan fingerprint density at radius 3 is 2.53 bits per heavy atom. The first-order valence-corrected chi connectivity index (χ1v) is 11.1. The molecule has 0 bridgehead atoms. The van der Waals surface area contributed by atoms with Crippen LogP contribution >= 0.6 is 23.7 Å². The lowest BCUT2D eigenvalue weighted by molar-refractivity contribution is 0.0977. The van der Waals surface area contributed by atoms with E-state index in [9.17, 15) is 4.79 Å². The molecule has 1 amide bonds. The fraction of sp³-hybridized carbons (Fsp3) is 0.292. The number of aryl methyl sites for hydroxylation is 2. The van der Waals surface area contributed by atoms with Crippen LogP contribution in [0.1, 0.15) is 28.0 Å². The smallest absolute Gasteiger partial charge is 0.282 e. The number of anilines is 1. The summed E-state index contributed by atoms with van der Waals surface area (Å²) in [5.74, 6) is 0.381. The van der Waals surface area contributed by atoms with Gasteiger partial charge in [-0.15, -0.1) is 12.4 Å². The third-order valence-electron chi connectivity index (χ3n) is 5.32. The summed E-state index contributed by atoms with van der Waals surface area (Å²) in [4.78, 5) is 22.1. The van der Waals surface area contributed by atoms with Gasteiger partial charge in [-0.3, -0.25) is 9.69 Å². The zero-order chi connectivity index (χ0) is 22.0. The van der Waals surface area contributed by atoms with Crippen molar-refractivity contribution in [1.82, 2.24) is 15.0 Å². The molecule has 4 rings (SSSR count). The zero-order valence-electron chi connectivity index (χ0n) is 18.7. The molecule has 0 saturated heterocycles. The van der Waals surface area contributed by atoms with Crippen molar-refractivity contribution in [3.05, 3.63) is 65.4 Å². The van der Waals surface area contributed by atoms with Crippen LogP contribution in [0.5, 0.6) is 0 Å². The lowest BCUT2D eigenvalue weighted by Gasteiger charge is -2.19. The van der Waals surface area contributed by atoms with Gasteiger partial charge in [0.1, 0.15) is 0 Å². The van der Waals surface area contributed by atoms with E-state index in [0.717, 1.165) is 34.3 Å². The van der Waals surface area contributed by atoms with Gasteiger partial charge in [0.15, 0.2) is 16.6 Å². The van der Waals surface area contributed by atoms with Crippen molar-refractivity contribution in [3.8, 4) is 11.3 Å². The largest absolute Gasteiger partial charge is 0.355 e. The van der Waals surface area contributed by atoms with E-state index >= 15 is 0 Å². The number of fused-ring (bicyclic) bond motifs is 1. The zero-order valence-corrected chi connectivity index (χ0v) is 20.3. The van der Waals surface area contributed by atoms with Crippen molar-refractivity contribution >= 4 is 45.0 Å². The molecule has 2 heterocycles. The standard InChI is InChI=1S/C24H26N4O2S.ClH/c1-16-11-12-21-22(17(16)2)25-24(31-21)28(14-8-13-27(3)4)23(29)19-15-20(30-26-19)18-9-6-5-7-10-18;/h5-7,9-12,15H,8,13-14H2,1-4H3;1H. The average Bonchev–Trinajstić information content (AvgIpc) is 3.42. The summed E-state index contributed by atoms with van der Waals surface area (Å²) in [6, 6.07) is 15.5. The van der Waals surface area contributed by atoms with E-state index in [2.05, 4.69) is 36.0 Å². The van der Waals surface area contributed by atoms with Gasteiger partial charge in [-0.25, -0.2) is 4.98 Å². The minimum atomic E-state index is -0.196. The number of halogens is 1. The van der Waals surface area contributed by atoms with E-state index in [1.165, 1.54) is 16.9 Å². The highest BCUT2D eigenvalue weighted by Crippen LogP contribution is 2.33. The summed E-state index contributed by atoms with van der Waals surface area (Å²) >= 11 is 1.54. The monoisotopic (exact) mass is 470 g/mol. The van der Waals surface area contributed by atoms with Gasteiger partial charge in [-0.05, 0) is 58.1 Å². The first-order valence-electron chi connectivity index (χ1n) is 10.3. The van der Waals surface area contributed by atoms with Crippen LogP contribution in [-0.4, -0.2) is 48.1 Å². The molecule has 0 spiro atoms. The summed E-state index contributed by atoms with van der Waals surface area (Å²) in [6.07, 6.45) is 0.829. The van der Waals surface area contributed by atoms with Gasteiger partial charge in [0, 0.05) is 18.2 Å². The second kappa shape index (κ2) is 10.3. The highest BCUT2D eigenvalue weighted by molar-refractivity contribution is 7.22. The lowest BCUT2D eigenvalue weighted by Crippen LogP contribution is -2.33. The number of thiazole rings is 1. The Morgan fingerprint density at radius 2 is 1.81 bits per heavy atom. The number of hydrogen-bond donors (Lipinski definition) is 0. The van der Waals surface area contributed by atoms with Crippen LogP contribution < -0.4 is 4.90 Å². The van der Waals surface area contributed by atoms with Crippen molar-refractivity contribution in [3.63, 3.8) is 0 Å². The predicted molar refractivity (Wildman–Crippen MR) is 133 cm³/mol. The Labute approximate surface area is 198 Å². The van der Waals surface area contributed by atoms with Crippen molar-refractivity contribution < 1.29 is 9.32 Å². The van der Waals surface area contributed by atoms with Crippen LogP contribution in [-0.2, 0) is 0 Å². The fourth-order valence-electron chi connectivity index (χ4n) is 3.41. The molecule has 0 aliphatic heterocycles. The summed E-state index contributed by atoms with van der Waals surface area (Å²) in [5.41, 5.74) is 4.47. The first-order chi connectivity index (χ1) is 14.9. The number of hydrogen-bond acceptors (Lipinski definition) is 6. The van der Waals surface area contributed by atoms with E-state index in [1.54, 1.807) is 11.0 Å². The molecule has 0 saturated carbocycles. The number of carbonyl (C=O) groups excluding carboxylic acids is 1. The number of rotatable bonds is 7. The molecule has 0 unspecified atom stereocenters. The average molecular weight is 471 g/mol. The van der Waals surface area contributed by atoms with Gasteiger partial charge >= 0.3 is 0 Å². The molecule has 0 aliphatic rings. The Hall–Kier alpha value is -2.74.